The van der Waals surface area contributed by atoms with Crippen molar-refractivity contribution in [1.29, 1.82) is 0 Å². The second-order valence-electron chi connectivity index (χ2n) is 6.24. The number of carbonyl (C=O) groups excluding carboxylic acids is 1. The first-order chi connectivity index (χ1) is 13.1. The normalized spacial score (nSPS) is 14.8. The van der Waals surface area contributed by atoms with Crippen LogP contribution in [0.4, 0.5) is 5.13 Å². The Bertz CT molecular complexity index is 977. The number of amides is 1. The van der Waals surface area contributed by atoms with Crippen LogP contribution in [0.1, 0.15) is 17.4 Å². The van der Waals surface area contributed by atoms with E-state index in [9.17, 15) is 4.79 Å². The third-order valence-electron chi connectivity index (χ3n) is 4.74. The standard InChI is InChI=1S/C18H20ClN5O2S/c1-3-24-13(6-7-20-24)17(25)22-8-10-23(11-9-22)18-21-15-14(26-2)5-4-12(19)16(15)27-18/h4-7H,3,8-11H2,1-2H3. The van der Waals surface area contributed by atoms with Crippen LogP contribution < -0.4 is 9.64 Å². The van der Waals surface area contributed by atoms with Gasteiger partial charge in [0.05, 0.1) is 16.8 Å². The van der Waals surface area contributed by atoms with Crippen LogP contribution in [-0.4, -0.2) is 58.9 Å². The number of methoxy groups -OCH3 is 1. The van der Waals surface area contributed by atoms with Crippen molar-refractivity contribution in [3.63, 3.8) is 0 Å². The minimum atomic E-state index is 0.0306. The molecule has 0 saturated carbocycles. The molecule has 3 heterocycles. The predicted molar refractivity (Wildman–Crippen MR) is 107 cm³/mol. The lowest BCUT2D eigenvalue weighted by molar-refractivity contribution is 0.0734. The van der Waals surface area contributed by atoms with Gasteiger partial charge in [-0.15, -0.1) is 0 Å². The molecule has 142 valence electrons. The van der Waals surface area contributed by atoms with Crippen molar-refractivity contribution >= 4 is 44.2 Å². The van der Waals surface area contributed by atoms with Crippen molar-refractivity contribution in [2.24, 2.45) is 0 Å². The fourth-order valence-corrected chi connectivity index (χ4v) is 4.58. The predicted octanol–water partition coefficient (Wildman–Crippen LogP) is 3.14. The fraction of sp³-hybridized carbons (Fsp3) is 0.389. The van der Waals surface area contributed by atoms with E-state index in [2.05, 4.69) is 10.00 Å². The van der Waals surface area contributed by atoms with Gasteiger partial charge in [-0.25, -0.2) is 4.98 Å². The molecule has 0 bridgehead atoms. The Labute approximate surface area is 166 Å². The van der Waals surface area contributed by atoms with E-state index >= 15 is 0 Å². The highest BCUT2D eigenvalue weighted by atomic mass is 35.5. The van der Waals surface area contributed by atoms with Crippen molar-refractivity contribution in [3.8, 4) is 5.75 Å². The fourth-order valence-electron chi connectivity index (χ4n) is 3.27. The van der Waals surface area contributed by atoms with Crippen molar-refractivity contribution in [3.05, 3.63) is 35.1 Å². The number of aryl methyl sites for hydroxylation is 1. The number of nitrogens with zero attached hydrogens (tertiary/aromatic N) is 5. The van der Waals surface area contributed by atoms with Gasteiger partial charge in [-0.3, -0.25) is 9.48 Å². The SMILES string of the molecule is CCn1nccc1C(=O)N1CCN(c2nc3c(OC)ccc(Cl)c3s2)CC1. The molecule has 0 unspecified atom stereocenters. The molecule has 9 heteroatoms. The minimum absolute atomic E-state index is 0.0306. The summed E-state index contributed by atoms with van der Waals surface area (Å²) in [6.07, 6.45) is 1.67. The zero-order chi connectivity index (χ0) is 19.0. The van der Waals surface area contributed by atoms with E-state index in [-0.39, 0.29) is 5.91 Å². The number of rotatable bonds is 4. The largest absolute Gasteiger partial charge is 0.494 e. The molecule has 1 saturated heterocycles. The van der Waals surface area contributed by atoms with Gasteiger partial charge < -0.3 is 14.5 Å². The summed E-state index contributed by atoms with van der Waals surface area (Å²) in [6.45, 7) is 5.41. The lowest BCUT2D eigenvalue weighted by atomic mass is 10.3. The van der Waals surface area contributed by atoms with Gasteiger partial charge in [0.15, 0.2) is 5.13 Å². The summed E-state index contributed by atoms with van der Waals surface area (Å²) in [6, 6.07) is 5.44. The number of thiazole rings is 1. The Kier molecular flexibility index (Phi) is 4.92. The van der Waals surface area contributed by atoms with Crippen molar-refractivity contribution in [1.82, 2.24) is 19.7 Å². The molecule has 3 aromatic rings. The molecule has 0 N–H and O–H groups in total. The second-order valence-corrected chi connectivity index (χ2v) is 7.62. The maximum absolute atomic E-state index is 12.8. The van der Waals surface area contributed by atoms with E-state index in [4.69, 9.17) is 21.3 Å². The highest BCUT2D eigenvalue weighted by Crippen LogP contribution is 2.38. The quantitative estimate of drug-likeness (QED) is 0.667. The van der Waals surface area contributed by atoms with Crippen LogP contribution in [0.15, 0.2) is 24.4 Å². The number of hydrogen-bond donors (Lipinski definition) is 0. The van der Waals surface area contributed by atoms with Gasteiger partial charge in [-0.1, -0.05) is 22.9 Å². The summed E-state index contributed by atoms with van der Waals surface area (Å²) < 4.78 is 8.06. The lowest BCUT2D eigenvalue weighted by Crippen LogP contribution is -2.49. The number of fused-ring (bicyclic) bond motifs is 1. The van der Waals surface area contributed by atoms with Gasteiger partial charge in [-0.05, 0) is 25.1 Å². The molecule has 1 aromatic carbocycles. The van der Waals surface area contributed by atoms with Crippen molar-refractivity contribution < 1.29 is 9.53 Å². The van der Waals surface area contributed by atoms with Crippen LogP contribution in [0.3, 0.4) is 0 Å². The maximum atomic E-state index is 12.8. The molecule has 4 rings (SSSR count). The Morgan fingerprint density at radius 2 is 2.04 bits per heavy atom. The summed E-state index contributed by atoms with van der Waals surface area (Å²) in [5, 5.41) is 5.77. The molecular weight excluding hydrogens is 386 g/mol. The van der Waals surface area contributed by atoms with Gasteiger partial charge >= 0.3 is 0 Å². The smallest absolute Gasteiger partial charge is 0.272 e. The van der Waals surface area contributed by atoms with Crippen molar-refractivity contribution in [2.45, 2.75) is 13.5 Å². The lowest BCUT2D eigenvalue weighted by Gasteiger charge is -2.34. The molecule has 2 aromatic heterocycles. The molecule has 0 spiro atoms. The molecule has 1 fully saturated rings. The second kappa shape index (κ2) is 7.36. The number of carbonyl (C=O) groups is 1. The molecule has 0 aliphatic carbocycles. The van der Waals surface area contributed by atoms with Gasteiger partial charge in [0.2, 0.25) is 0 Å². The average molecular weight is 406 g/mol. The van der Waals surface area contributed by atoms with E-state index in [1.54, 1.807) is 35.4 Å². The molecule has 1 aliphatic heterocycles. The van der Waals surface area contributed by atoms with Crippen molar-refractivity contribution in [2.75, 3.05) is 38.2 Å². The van der Waals surface area contributed by atoms with E-state index in [0.29, 0.717) is 30.4 Å². The summed E-state index contributed by atoms with van der Waals surface area (Å²) in [4.78, 5) is 21.6. The molecular formula is C18H20ClN5O2S. The molecule has 27 heavy (non-hydrogen) atoms. The monoisotopic (exact) mass is 405 g/mol. The molecule has 0 radical (unpaired) electrons. The van der Waals surface area contributed by atoms with Crippen LogP contribution in [0.2, 0.25) is 5.02 Å². The number of anilines is 1. The minimum Gasteiger partial charge on any atom is -0.494 e. The van der Waals surface area contributed by atoms with Gasteiger partial charge in [0, 0.05) is 38.9 Å². The zero-order valence-corrected chi connectivity index (χ0v) is 16.8. The molecule has 0 atom stereocenters. The van der Waals surface area contributed by atoms with Gasteiger partial charge in [0.25, 0.3) is 5.91 Å². The zero-order valence-electron chi connectivity index (χ0n) is 15.2. The Morgan fingerprint density at radius 3 is 2.74 bits per heavy atom. The van der Waals surface area contributed by atoms with Crippen LogP contribution >= 0.6 is 22.9 Å². The summed E-state index contributed by atoms with van der Waals surface area (Å²) in [5.41, 5.74) is 1.43. The Balaban J connectivity index is 1.50. The Hall–Kier alpha value is -2.32. The number of hydrogen-bond acceptors (Lipinski definition) is 6. The van der Waals surface area contributed by atoms with Crippen LogP contribution in [0.25, 0.3) is 10.2 Å². The molecule has 1 aliphatic rings. The Morgan fingerprint density at radius 1 is 1.26 bits per heavy atom. The topological polar surface area (TPSA) is 63.5 Å². The number of ether oxygens (including phenoxy) is 1. The first kappa shape index (κ1) is 18.1. The summed E-state index contributed by atoms with van der Waals surface area (Å²) in [5.74, 6) is 0.751. The van der Waals surface area contributed by atoms with Gasteiger partial charge in [-0.2, -0.15) is 5.10 Å². The van der Waals surface area contributed by atoms with E-state index in [1.165, 1.54) is 0 Å². The first-order valence-corrected chi connectivity index (χ1v) is 10.0. The highest BCUT2D eigenvalue weighted by Gasteiger charge is 2.26. The molecule has 7 nitrogen and oxygen atoms in total. The number of aromatic nitrogens is 3. The molecule has 1 amide bonds. The van der Waals surface area contributed by atoms with E-state index < -0.39 is 0 Å². The third kappa shape index (κ3) is 3.23. The highest BCUT2D eigenvalue weighted by molar-refractivity contribution is 7.22. The number of benzene rings is 1. The maximum Gasteiger partial charge on any atom is 0.272 e. The number of halogens is 1. The first-order valence-electron chi connectivity index (χ1n) is 8.81. The summed E-state index contributed by atoms with van der Waals surface area (Å²) in [7, 11) is 1.63. The third-order valence-corrected chi connectivity index (χ3v) is 6.32. The summed E-state index contributed by atoms with van der Waals surface area (Å²) >= 11 is 7.88. The average Bonchev–Trinajstić information content (AvgIpc) is 3.35. The van der Waals surface area contributed by atoms with Gasteiger partial charge in [0.1, 0.15) is 17.0 Å². The van der Waals surface area contributed by atoms with Crippen LogP contribution in [0.5, 0.6) is 5.75 Å². The van der Waals surface area contributed by atoms with E-state index in [1.807, 2.05) is 24.0 Å². The van der Waals surface area contributed by atoms with Crippen LogP contribution in [0, 0.1) is 0 Å². The van der Waals surface area contributed by atoms with Crippen LogP contribution in [-0.2, 0) is 6.54 Å². The van der Waals surface area contributed by atoms with E-state index in [0.717, 1.165) is 34.2 Å². The number of piperazine rings is 1.